The van der Waals surface area contributed by atoms with Gasteiger partial charge in [0.05, 0.1) is 6.42 Å². The van der Waals surface area contributed by atoms with Crippen molar-refractivity contribution in [1.29, 1.82) is 0 Å². The number of ether oxygens (including phenoxy) is 1. The van der Waals surface area contributed by atoms with E-state index in [0.29, 0.717) is 5.06 Å². The smallest absolute Gasteiger partial charge is 0.544 e. The number of carboxylic acid groups (broad SMARTS) is 1. The number of carbonyl (C=O) groups excluding carboxylic acids is 4. The fraction of sp³-hybridized carbons (Fsp3) is 0.467. The number of hydrogen-bond acceptors (Lipinski definition) is 12. The summed E-state index contributed by atoms with van der Waals surface area (Å²) >= 11 is 1.07. The van der Waals surface area contributed by atoms with E-state index in [4.69, 9.17) is 15.3 Å². The predicted octanol–water partition coefficient (Wildman–Crippen LogP) is -5.49. The van der Waals surface area contributed by atoms with Crippen molar-refractivity contribution in [2.75, 3.05) is 12.8 Å². The van der Waals surface area contributed by atoms with Gasteiger partial charge in [0.15, 0.2) is 10.8 Å². The maximum Gasteiger partial charge on any atom is 1.00 e. The minimum atomic E-state index is -2.39. The van der Waals surface area contributed by atoms with E-state index >= 15 is 0 Å². The van der Waals surface area contributed by atoms with E-state index in [0.717, 1.165) is 11.3 Å². The monoisotopic (exact) mass is 449 g/mol. The first-order valence-corrected chi connectivity index (χ1v) is 9.15. The predicted molar refractivity (Wildman–Crippen MR) is 92.5 cm³/mol. The number of nitrogens with one attached hydrogen (secondary N) is 1. The number of oxime groups is 1. The van der Waals surface area contributed by atoms with Gasteiger partial charge in [-0.2, -0.15) is 5.06 Å². The summed E-state index contributed by atoms with van der Waals surface area (Å²) in [6.07, 6.45) is -1.56. The van der Waals surface area contributed by atoms with Gasteiger partial charge < -0.3 is 30.5 Å². The average Bonchev–Trinajstić information content (AvgIpc) is 3.34. The fourth-order valence-corrected chi connectivity index (χ4v) is 3.43. The van der Waals surface area contributed by atoms with Crippen LogP contribution in [0.5, 0.6) is 0 Å². The molecule has 156 valence electrons. The van der Waals surface area contributed by atoms with E-state index in [2.05, 4.69) is 20.3 Å². The summed E-state index contributed by atoms with van der Waals surface area (Å²) in [4.78, 5) is 62.4. The normalized spacial score (nSPS) is 26.2. The Bertz CT molecular complexity index is 907. The summed E-state index contributed by atoms with van der Waals surface area (Å²) < 4.78 is 4.82. The Kier molecular flexibility index (Phi) is 7.41. The van der Waals surface area contributed by atoms with Crippen molar-refractivity contribution in [1.82, 2.24) is 15.4 Å². The molecular weight excluding hydrogens is 433 g/mol. The Morgan fingerprint density at radius 1 is 1.50 bits per heavy atom. The quantitative estimate of drug-likeness (QED) is 0.184. The number of carboxylic acids is 1. The van der Waals surface area contributed by atoms with Gasteiger partial charge in [0.2, 0.25) is 0 Å². The second kappa shape index (κ2) is 9.26. The van der Waals surface area contributed by atoms with E-state index in [1.165, 1.54) is 19.4 Å². The van der Waals surface area contributed by atoms with Gasteiger partial charge in [-0.25, -0.2) is 4.98 Å². The molecule has 2 amide bonds. The maximum absolute atomic E-state index is 12.8. The molecule has 1 aromatic heterocycles. The van der Waals surface area contributed by atoms with Crippen LogP contribution in [0.4, 0.5) is 5.13 Å². The van der Waals surface area contributed by atoms with E-state index in [1.807, 2.05) is 0 Å². The Labute approximate surface area is 195 Å². The fourth-order valence-electron chi connectivity index (χ4n) is 2.88. The van der Waals surface area contributed by atoms with E-state index in [9.17, 15) is 24.3 Å². The molecule has 1 unspecified atom stereocenters. The molecule has 0 radical (unpaired) electrons. The largest absolute Gasteiger partial charge is 1.00 e. The third kappa shape index (κ3) is 4.27. The summed E-state index contributed by atoms with van der Waals surface area (Å²) in [6, 6.07) is -1.30. The topological polar surface area (TPSA) is 186 Å². The number of amides is 2. The van der Waals surface area contributed by atoms with E-state index in [1.54, 1.807) is 0 Å². The van der Waals surface area contributed by atoms with Gasteiger partial charge in [0.1, 0.15) is 30.9 Å². The van der Waals surface area contributed by atoms with Crippen LogP contribution >= 0.6 is 11.3 Å². The number of nitrogen functional groups attached to an aromatic ring is 1. The molecule has 3 atom stereocenters. The minimum absolute atomic E-state index is 0. The Hall–Kier alpha value is -2.26. The summed E-state index contributed by atoms with van der Waals surface area (Å²) in [5.41, 5.74) is 3.04. The first kappa shape index (κ1) is 24.0. The van der Waals surface area contributed by atoms with Gasteiger partial charge >= 0.3 is 35.5 Å². The van der Waals surface area contributed by atoms with Crippen molar-refractivity contribution in [3.8, 4) is 0 Å². The van der Waals surface area contributed by atoms with Crippen molar-refractivity contribution < 1.29 is 68.3 Å². The molecule has 15 heteroatoms. The van der Waals surface area contributed by atoms with Crippen molar-refractivity contribution in [2.45, 2.75) is 37.6 Å². The number of anilines is 1. The van der Waals surface area contributed by atoms with Crippen molar-refractivity contribution in [2.24, 2.45) is 5.16 Å². The van der Waals surface area contributed by atoms with Gasteiger partial charge in [0.25, 0.3) is 17.5 Å². The summed E-state index contributed by atoms with van der Waals surface area (Å²) in [5.74, 6) is -4.39. The molecule has 0 spiro atoms. The van der Waals surface area contributed by atoms with Crippen LogP contribution in [0.3, 0.4) is 0 Å². The molecule has 2 fully saturated rings. The zero-order valence-electron chi connectivity index (χ0n) is 16.2. The van der Waals surface area contributed by atoms with Gasteiger partial charge in [-0.15, -0.1) is 11.3 Å². The molecule has 2 aliphatic heterocycles. The molecule has 1 aromatic rings. The summed E-state index contributed by atoms with van der Waals surface area (Å²) in [5, 5.41) is 19.7. The van der Waals surface area contributed by atoms with Crippen LogP contribution in [0, 0.1) is 0 Å². The molecule has 0 aliphatic carbocycles. The molecule has 2 saturated heterocycles. The summed E-state index contributed by atoms with van der Waals surface area (Å²) in [6.45, 7) is 1.43. The molecule has 13 nitrogen and oxygen atoms in total. The Morgan fingerprint density at radius 2 is 2.20 bits per heavy atom. The number of hydroxylamine groups is 2. The third-order valence-corrected chi connectivity index (χ3v) is 4.93. The van der Waals surface area contributed by atoms with Crippen molar-refractivity contribution in [3.63, 3.8) is 0 Å². The van der Waals surface area contributed by atoms with Gasteiger partial charge in [0, 0.05) is 11.8 Å². The zero-order valence-corrected chi connectivity index (χ0v) is 19.1. The van der Waals surface area contributed by atoms with Crippen LogP contribution in [0.2, 0.25) is 0 Å². The van der Waals surface area contributed by atoms with Crippen LogP contribution in [-0.4, -0.2) is 64.5 Å². The average molecular weight is 449 g/mol. The first-order valence-electron chi connectivity index (χ1n) is 8.27. The number of nitrogens with two attached hydrogens (primary N) is 1. The minimum Gasteiger partial charge on any atom is -0.544 e. The van der Waals surface area contributed by atoms with Crippen molar-refractivity contribution in [3.05, 3.63) is 11.1 Å². The maximum atomic E-state index is 12.8. The molecule has 0 aromatic carbocycles. The number of hydrogen-bond donors (Lipinski definition) is 2. The SMILES string of the molecule is CO/N=C(\C(=O)N[C@@H]1C(=O)N(C2(C(=O)[O-])CCC(=O)O2)O[C@H]1C)c1csc(N)n1.[Na+]. The second-order valence-electron chi connectivity index (χ2n) is 6.13. The molecule has 3 N–H and O–H groups in total. The number of cyclic esters (lactones) is 1. The number of aromatic nitrogens is 1. The van der Waals surface area contributed by atoms with Crippen molar-refractivity contribution >= 4 is 45.9 Å². The number of aliphatic carboxylic acids is 1. The number of thiazole rings is 1. The number of rotatable bonds is 6. The van der Waals surface area contributed by atoms with Crippen LogP contribution < -0.4 is 45.7 Å². The Morgan fingerprint density at radius 3 is 2.70 bits per heavy atom. The number of carbonyl (C=O) groups is 4. The van der Waals surface area contributed by atoms with E-state index < -0.39 is 41.6 Å². The number of esters is 1. The molecule has 0 saturated carbocycles. The van der Waals surface area contributed by atoms with Crippen LogP contribution in [0.25, 0.3) is 0 Å². The van der Waals surface area contributed by atoms with E-state index in [-0.39, 0.29) is 58.9 Å². The standard InChI is InChI=1S/C15H17N5O8S.Na/c1-6-9(18-11(22)10(19-26-2)7-5-29-14(16)17-7)12(23)20(28-6)15(13(24)25)4-3-8(21)27-15;/h5-6,9H,3-4H2,1-2H3,(H2,16,17)(H,18,22)(H,24,25);/q;+1/p-1/b19-10-;/t6-,9-,15?;/m0./s1. The molecule has 3 heterocycles. The molecule has 3 rings (SSSR count). The van der Waals surface area contributed by atoms with Crippen LogP contribution in [0.1, 0.15) is 25.5 Å². The molecule has 2 aliphatic rings. The third-order valence-electron chi connectivity index (χ3n) is 4.25. The number of nitrogens with zero attached hydrogens (tertiary/aromatic N) is 3. The summed E-state index contributed by atoms with van der Waals surface area (Å²) in [7, 11) is 1.22. The van der Waals surface area contributed by atoms with Crippen LogP contribution in [-0.2, 0) is 33.6 Å². The zero-order chi connectivity index (χ0) is 21.3. The Balaban J connectivity index is 0.00000320. The van der Waals surface area contributed by atoms with Crippen LogP contribution in [0.15, 0.2) is 10.5 Å². The van der Waals surface area contributed by atoms with Gasteiger partial charge in [-0.1, -0.05) is 5.16 Å². The molecular formula is C15H16N5NaO8S. The first-order chi connectivity index (χ1) is 13.7. The molecule has 0 bridgehead atoms. The van der Waals surface area contributed by atoms with Gasteiger partial charge in [-0.05, 0) is 6.92 Å². The molecule has 30 heavy (non-hydrogen) atoms. The second-order valence-corrected chi connectivity index (χ2v) is 7.02. The van der Waals surface area contributed by atoms with Gasteiger partial charge in [-0.3, -0.25) is 19.2 Å².